The maximum Gasteiger partial charge on any atom is 0.416 e. The van der Waals surface area contributed by atoms with Gasteiger partial charge in [-0.2, -0.15) is 13.2 Å². The van der Waals surface area contributed by atoms with Crippen molar-refractivity contribution in [1.29, 1.82) is 0 Å². The molecule has 1 atom stereocenters. The Morgan fingerprint density at radius 3 is 2.46 bits per heavy atom. The summed E-state index contributed by atoms with van der Waals surface area (Å²) in [6, 6.07) is 9.00. The zero-order chi connectivity index (χ0) is 18.9. The molecule has 0 radical (unpaired) electrons. The first kappa shape index (κ1) is 18.1. The second-order valence-corrected chi connectivity index (χ2v) is 6.20. The number of hydrogen-bond acceptors (Lipinski definition) is 3. The smallest absolute Gasteiger partial charge is 0.416 e. The molecule has 0 aromatic heterocycles. The predicted molar refractivity (Wildman–Crippen MR) is 89.1 cm³/mol. The van der Waals surface area contributed by atoms with E-state index in [4.69, 9.17) is 5.11 Å². The van der Waals surface area contributed by atoms with Crippen molar-refractivity contribution in [2.75, 3.05) is 13.1 Å². The minimum absolute atomic E-state index is 0.0622. The zero-order valence-corrected chi connectivity index (χ0v) is 13.6. The fourth-order valence-electron chi connectivity index (χ4n) is 3.12. The Morgan fingerprint density at radius 1 is 1.12 bits per heavy atom. The third-order valence-electron chi connectivity index (χ3n) is 4.44. The number of hydrogen-bond donors (Lipinski definition) is 2. The Bertz CT molecular complexity index is 855. The van der Waals surface area contributed by atoms with Gasteiger partial charge in [-0.05, 0) is 42.3 Å². The Hall–Kier alpha value is -2.67. The Balaban J connectivity index is 2.13. The molecule has 2 aromatic carbocycles. The Labute approximate surface area is 147 Å². The molecule has 26 heavy (non-hydrogen) atoms. The summed E-state index contributed by atoms with van der Waals surface area (Å²) >= 11 is 0. The molecular weight excluding hydrogens is 347 g/mol. The van der Waals surface area contributed by atoms with Crippen LogP contribution < -0.4 is 5.32 Å². The molecule has 2 aromatic rings. The van der Waals surface area contributed by atoms with Gasteiger partial charge >= 0.3 is 12.1 Å². The van der Waals surface area contributed by atoms with Crippen molar-refractivity contribution in [2.45, 2.75) is 12.6 Å². The van der Waals surface area contributed by atoms with Crippen LogP contribution in [0, 0.1) is 5.92 Å². The summed E-state index contributed by atoms with van der Waals surface area (Å²) in [5.74, 6) is -1.85. The van der Waals surface area contributed by atoms with E-state index in [1.54, 1.807) is 18.2 Å². The maximum atomic E-state index is 13.2. The van der Waals surface area contributed by atoms with Gasteiger partial charge in [0.1, 0.15) is 0 Å². The molecule has 0 bridgehead atoms. The maximum absolute atomic E-state index is 13.2. The number of alkyl halides is 3. The summed E-state index contributed by atoms with van der Waals surface area (Å²) in [5, 5.41) is 12.2. The average Bonchev–Trinajstić information content (AvgIpc) is 3.14. The number of carbonyl (C=O) groups is 2. The minimum Gasteiger partial charge on any atom is -0.478 e. The molecule has 1 aliphatic rings. The quantitative estimate of drug-likeness (QED) is 0.810. The molecule has 2 N–H and O–H groups in total. The lowest BCUT2D eigenvalue weighted by atomic mass is 9.89. The van der Waals surface area contributed by atoms with Gasteiger partial charge in [0.15, 0.2) is 5.78 Å². The van der Waals surface area contributed by atoms with E-state index in [1.807, 2.05) is 0 Å². The highest BCUT2D eigenvalue weighted by Gasteiger charge is 2.32. The van der Waals surface area contributed by atoms with E-state index in [9.17, 15) is 22.8 Å². The SMILES string of the molecule is O=C(O)c1cc(-c2ccccc2C(=O)C2CCNC2)cc(C(F)(F)F)c1. The lowest BCUT2D eigenvalue weighted by Crippen LogP contribution is -2.18. The molecule has 1 unspecified atom stereocenters. The van der Waals surface area contributed by atoms with E-state index >= 15 is 0 Å². The van der Waals surface area contributed by atoms with Crippen LogP contribution >= 0.6 is 0 Å². The van der Waals surface area contributed by atoms with Crippen molar-refractivity contribution in [1.82, 2.24) is 5.32 Å². The number of rotatable bonds is 4. The number of Topliss-reactive ketones (excluding diaryl/α,β-unsaturated/α-hetero) is 1. The molecule has 0 saturated carbocycles. The summed E-state index contributed by atoms with van der Waals surface area (Å²) in [4.78, 5) is 24.0. The van der Waals surface area contributed by atoms with E-state index in [0.29, 0.717) is 36.7 Å². The van der Waals surface area contributed by atoms with Crippen molar-refractivity contribution >= 4 is 11.8 Å². The summed E-state index contributed by atoms with van der Waals surface area (Å²) in [6.45, 7) is 1.24. The zero-order valence-electron chi connectivity index (χ0n) is 13.6. The summed E-state index contributed by atoms with van der Waals surface area (Å²) in [6.07, 6.45) is -4.02. The van der Waals surface area contributed by atoms with Crippen molar-refractivity contribution < 1.29 is 27.9 Å². The largest absolute Gasteiger partial charge is 0.478 e. The van der Waals surface area contributed by atoms with Crippen molar-refractivity contribution in [3.05, 3.63) is 59.2 Å². The van der Waals surface area contributed by atoms with E-state index in [0.717, 1.165) is 12.1 Å². The first-order valence-corrected chi connectivity index (χ1v) is 8.07. The molecule has 4 nitrogen and oxygen atoms in total. The number of carboxylic acids is 1. The lowest BCUT2D eigenvalue weighted by molar-refractivity contribution is -0.137. The summed E-state index contributed by atoms with van der Waals surface area (Å²) < 4.78 is 39.5. The van der Waals surface area contributed by atoms with Gasteiger partial charge < -0.3 is 10.4 Å². The number of aromatic carboxylic acids is 1. The van der Waals surface area contributed by atoms with Crippen LogP contribution in [0.2, 0.25) is 0 Å². The molecular formula is C19H16F3NO3. The van der Waals surface area contributed by atoms with Crippen LogP contribution in [-0.4, -0.2) is 29.9 Å². The van der Waals surface area contributed by atoms with Gasteiger partial charge in [-0.15, -0.1) is 0 Å². The second-order valence-electron chi connectivity index (χ2n) is 6.20. The Morgan fingerprint density at radius 2 is 1.85 bits per heavy atom. The highest BCUT2D eigenvalue weighted by Crippen LogP contribution is 2.35. The molecule has 3 rings (SSSR count). The number of nitrogens with one attached hydrogen (secondary N) is 1. The van der Waals surface area contributed by atoms with E-state index in [1.165, 1.54) is 6.07 Å². The molecule has 1 aliphatic heterocycles. The van der Waals surface area contributed by atoms with Crippen molar-refractivity contribution in [2.24, 2.45) is 5.92 Å². The van der Waals surface area contributed by atoms with Gasteiger partial charge in [-0.25, -0.2) is 4.79 Å². The first-order valence-electron chi connectivity index (χ1n) is 8.07. The first-order chi connectivity index (χ1) is 12.3. The highest BCUT2D eigenvalue weighted by molar-refractivity contribution is 6.04. The van der Waals surface area contributed by atoms with Crippen LogP contribution in [0.4, 0.5) is 13.2 Å². The normalized spacial score (nSPS) is 17.3. The van der Waals surface area contributed by atoms with Gasteiger partial charge in [-0.3, -0.25) is 4.79 Å². The van der Waals surface area contributed by atoms with Gasteiger partial charge in [-0.1, -0.05) is 24.3 Å². The molecule has 0 amide bonds. The molecule has 1 heterocycles. The monoisotopic (exact) mass is 363 g/mol. The fourth-order valence-corrected chi connectivity index (χ4v) is 3.12. The van der Waals surface area contributed by atoms with E-state index in [2.05, 4.69) is 5.32 Å². The van der Waals surface area contributed by atoms with Crippen molar-refractivity contribution in [3.8, 4) is 11.1 Å². The van der Waals surface area contributed by atoms with Crippen LogP contribution in [0.15, 0.2) is 42.5 Å². The third-order valence-corrected chi connectivity index (χ3v) is 4.44. The van der Waals surface area contributed by atoms with Crippen LogP contribution in [0.1, 0.15) is 32.7 Å². The number of carboxylic acid groups (broad SMARTS) is 1. The standard InChI is InChI=1S/C19H16F3NO3/c20-19(21,22)14-8-12(7-13(9-14)18(25)26)15-3-1-2-4-16(15)17(24)11-5-6-23-10-11/h1-4,7-9,11,23H,5-6,10H2,(H,25,26). The second kappa shape index (κ2) is 6.92. The third kappa shape index (κ3) is 3.62. The number of ketones is 1. The summed E-state index contributed by atoms with van der Waals surface area (Å²) in [5.41, 5.74) is -0.862. The molecule has 136 valence electrons. The number of benzene rings is 2. The molecule has 1 fully saturated rings. The summed E-state index contributed by atoms with van der Waals surface area (Å²) in [7, 11) is 0. The van der Waals surface area contributed by atoms with Crippen LogP contribution in [0.5, 0.6) is 0 Å². The van der Waals surface area contributed by atoms with E-state index in [-0.39, 0.29) is 17.3 Å². The minimum atomic E-state index is -4.69. The van der Waals surface area contributed by atoms with Crippen LogP contribution in [-0.2, 0) is 6.18 Å². The van der Waals surface area contributed by atoms with Crippen LogP contribution in [0.3, 0.4) is 0 Å². The number of carbonyl (C=O) groups excluding carboxylic acids is 1. The topological polar surface area (TPSA) is 66.4 Å². The molecule has 0 aliphatic carbocycles. The number of halogens is 3. The molecule has 1 saturated heterocycles. The van der Waals surface area contributed by atoms with Crippen molar-refractivity contribution in [3.63, 3.8) is 0 Å². The van der Waals surface area contributed by atoms with E-state index < -0.39 is 23.3 Å². The van der Waals surface area contributed by atoms with Crippen LogP contribution in [0.25, 0.3) is 11.1 Å². The van der Waals surface area contributed by atoms with Gasteiger partial charge in [0, 0.05) is 18.0 Å². The van der Waals surface area contributed by atoms with Gasteiger partial charge in [0.25, 0.3) is 0 Å². The lowest BCUT2D eigenvalue weighted by Gasteiger charge is -2.15. The molecule has 7 heteroatoms. The fraction of sp³-hybridized carbons (Fsp3) is 0.263. The molecule has 0 spiro atoms. The van der Waals surface area contributed by atoms with Gasteiger partial charge in [0.2, 0.25) is 0 Å². The highest BCUT2D eigenvalue weighted by atomic mass is 19.4. The van der Waals surface area contributed by atoms with Gasteiger partial charge in [0.05, 0.1) is 11.1 Å². The Kier molecular flexibility index (Phi) is 4.82. The average molecular weight is 363 g/mol. The predicted octanol–water partition coefficient (Wildman–Crippen LogP) is 3.86.